The Hall–Kier alpha value is -1.49. The Morgan fingerprint density at radius 3 is 2.59 bits per heavy atom. The molecule has 0 aliphatic heterocycles. The highest BCUT2D eigenvalue weighted by Gasteiger charge is 2.23. The van der Waals surface area contributed by atoms with Crippen LogP contribution in [-0.4, -0.2) is 28.9 Å². The minimum atomic E-state index is -0.112. The third-order valence-corrected chi connectivity index (χ3v) is 5.06. The molecule has 1 saturated carbocycles. The van der Waals surface area contributed by atoms with E-state index >= 15 is 0 Å². The van der Waals surface area contributed by atoms with E-state index in [2.05, 4.69) is 17.6 Å². The lowest BCUT2D eigenvalue weighted by Crippen LogP contribution is -2.39. The molecular formula is C17H24N2O2S. The largest absolute Gasteiger partial charge is 0.349 e. The number of carbonyl (C=O) groups excluding carboxylic acids is 2. The van der Waals surface area contributed by atoms with E-state index in [0.29, 0.717) is 16.5 Å². The van der Waals surface area contributed by atoms with Gasteiger partial charge in [0.25, 0.3) is 5.91 Å². The molecule has 22 heavy (non-hydrogen) atoms. The summed E-state index contributed by atoms with van der Waals surface area (Å²) in [5.41, 5.74) is 1.35. The maximum absolute atomic E-state index is 12.3. The molecule has 4 nitrogen and oxygen atoms in total. The topological polar surface area (TPSA) is 58.2 Å². The summed E-state index contributed by atoms with van der Waals surface area (Å²) < 4.78 is 0. The van der Waals surface area contributed by atoms with E-state index in [9.17, 15) is 9.59 Å². The standard InChI is InChI=1S/C17H24N2O2S/c1-3-22-16-6-4-5-15(11-16)19-17(21)13-7-9-14(10-8-13)18-12(2)20/h7-10,15-16H,3-6,11H2,1-2H3,(H,18,20)(H,19,21)/t15-,16-/m0/s1. The lowest BCUT2D eigenvalue weighted by atomic mass is 9.94. The number of anilines is 1. The molecule has 5 heteroatoms. The molecule has 0 saturated heterocycles. The van der Waals surface area contributed by atoms with Crippen molar-refractivity contribution in [1.82, 2.24) is 5.32 Å². The number of hydrogen-bond acceptors (Lipinski definition) is 3. The van der Waals surface area contributed by atoms with Gasteiger partial charge in [-0.05, 0) is 49.3 Å². The van der Waals surface area contributed by atoms with Gasteiger partial charge in [0.15, 0.2) is 0 Å². The fourth-order valence-electron chi connectivity index (χ4n) is 2.84. The molecule has 0 spiro atoms. The first kappa shape index (κ1) is 16.9. The molecular weight excluding hydrogens is 296 g/mol. The zero-order valence-electron chi connectivity index (χ0n) is 13.2. The zero-order chi connectivity index (χ0) is 15.9. The number of amides is 2. The maximum Gasteiger partial charge on any atom is 0.251 e. The van der Waals surface area contributed by atoms with Crippen molar-refractivity contribution in [3.8, 4) is 0 Å². The SMILES string of the molecule is CCS[C@H]1CCC[C@H](NC(=O)c2ccc(NC(C)=O)cc2)C1. The number of thioether (sulfide) groups is 1. The predicted octanol–water partition coefficient (Wildman–Crippen LogP) is 3.44. The van der Waals surface area contributed by atoms with Crippen molar-refractivity contribution in [2.45, 2.75) is 50.8 Å². The summed E-state index contributed by atoms with van der Waals surface area (Å²) in [6.45, 7) is 3.65. The van der Waals surface area contributed by atoms with E-state index in [0.717, 1.165) is 18.6 Å². The maximum atomic E-state index is 12.3. The molecule has 120 valence electrons. The summed E-state index contributed by atoms with van der Waals surface area (Å²) in [7, 11) is 0. The van der Waals surface area contributed by atoms with Gasteiger partial charge in [0, 0.05) is 29.5 Å². The number of hydrogen-bond donors (Lipinski definition) is 2. The van der Waals surface area contributed by atoms with Crippen LogP contribution in [0.2, 0.25) is 0 Å². The molecule has 2 rings (SSSR count). The van der Waals surface area contributed by atoms with E-state index in [1.165, 1.54) is 19.8 Å². The van der Waals surface area contributed by atoms with Crippen LogP contribution in [0.1, 0.15) is 49.9 Å². The molecule has 0 unspecified atom stereocenters. The van der Waals surface area contributed by atoms with Gasteiger partial charge in [-0.1, -0.05) is 13.3 Å². The van der Waals surface area contributed by atoms with Crippen LogP contribution in [0, 0.1) is 0 Å². The van der Waals surface area contributed by atoms with Crippen LogP contribution in [0.25, 0.3) is 0 Å². The zero-order valence-corrected chi connectivity index (χ0v) is 14.0. The van der Waals surface area contributed by atoms with Gasteiger partial charge >= 0.3 is 0 Å². The molecule has 1 aliphatic carbocycles. The van der Waals surface area contributed by atoms with E-state index in [1.807, 2.05) is 11.8 Å². The molecule has 1 aromatic rings. The molecule has 1 fully saturated rings. The van der Waals surface area contributed by atoms with Crippen LogP contribution in [-0.2, 0) is 4.79 Å². The molecule has 1 aromatic carbocycles. The molecule has 0 aromatic heterocycles. The Balaban J connectivity index is 1.89. The van der Waals surface area contributed by atoms with Crippen LogP contribution in [0.4, 0.5) is 5.69 Å². The minimum Gasteiger partial charge on any atom is -0.349 e. The van der Waals surface area contributed by atoms with Gasteiger partial charge in [0.2, 0.25) is 5.91 Å². The van der Waals surface area contributed by atoms with Crippen molar-refractivity contribution >= 4 is 29.3 Å². The fraction of sp³-hybridized carbons (Fsp3) is 0.529. The second kappa shape index (κ2) is 8.22. The van der Waals surface area contributed by atoms with E-state index in [1.54, 1.807) is 24.3 Å². The Morgan fingerprint density at radius 2 is 1.95 bits per heavy atom. The second-order valence-electron chi connectivity index (χ2n) is 5.67. The highest BCUT2D eigenvalue weighted by Crippen LogP contribution is 2.28. The van der Waals surface area contributed by atoms with Gasteiger partial charge in [-0.2, -0.15) is 11.8 Å². The fourth-order valence-corrected chi connectivity index (χ4v) is 4.01. The first-order valence-corrected chi connectivity index (χ1v) is 8.93. The lowest BCUT2D eigenvalue weighted by Gasteiger charge is -2.29. The summed E-state index contributed by atoms with van der Waals surface area (Å²) >= 11 is 1.99. The van der Waals surface area contributed by atoms with Gasteiger partial charge in [-0.3, -0.25) is 9.59 Å². The first-order chi connectivity index (χ1) is 10.6. The molecule has 0 radical (unpaired) electrons. The van der Waals surface area contributed by atoms with Crippen molar-refractivity contribution in [3.63, 3.8) is 0 Å². The summed E-state index contributed by atoms with van der Waals surface area (Å²) in [6.07, 6.45) is 4.57. The highest BCUT2D eigenvalue weighted by atomic mass is 32.2. The highest BCUT2D eigenvalue weighted by molar-refractivity contribution is 7.99. The molecule has 1 aliphatic rings. The molecule has 2 N–H and O–H groups in total. The normalized spacial score (nSPS) is 21.2. The molecule has 2 amide bonds. The average molecular weight is 320 g/mol. The van der Waals surface area contributed by atoms with Crippen LogP contribution in [0.5, 0.6) is 0 Å². The van der Waals surface area contributed by atoms with Crippen LogP contribution in [0.3, 0.4) is 0 Å². The third kappa shape index (κ3) is 5.05. The van der Waals surface area contributed by atoms with E-state index < -0.39 is 0 Å². The Kier molecular flexibility index (Phi) is 6.31. The Morgan fingerprint density at radius 1 is 1.23 bits per heavy atom. The lowest BCUT2D eigenvalue weighted by molar-refractivity contribution is -0.114. The average Bonchev–Trinajstić information content (AvgIpc) is 2.48. The molecule has 0 heterocycles. The number of benzene rings is 1. The summed E-state index contributed by atoms with van der Waals surface area (Å²) in [4.78, 5) is 23.3. The molecule has 2 atom stereocenters. The Labute approximate surface area is 136 Å². The number of nitrogens with one attached hydrogen (secondary N) is 2. The van der Waals surface area contributed by atoms with Crippen molar-refractivity contribution in [1.29, 1.82) is 0 Å². The van der Waals surface area contributed by atoms with Gasteiger partial charge in [0.1, 0.15) is 0 Å². The summed E-state index contributed by atoms with van der Waals surface area (Å²) in [5.74, 6) is 0.996. The predicted molar refractivity (Wildman–Crippen MR) is 92.4 cm³/mol. The van der Waals surface area contributed by atoms with Crippen molar-refractivity contribution in [2.24, 2.45) is 0 Å². The molecule has 0 bridgehead atoms. The summed E-state index contributed by atoms with van der Waals surface area (Å²) in [6, 6.07) is 7.30. The van der Waals surface area contributed by atoms with Crippen molar-refractivity contribution < 1.29 is 9.59 Å². The smallest absolute Gasteiger partial charge is 0.251 e. The van der Waals surface area contributed by atoms with Gasteiger partial charge in [-0.15, -0.1) is 0 Å². The van der Waals surface area contributed by atoms with Crippen LogP contribution < -0.4 is 10.6 Å². The van der Waals surface area contributed by atoms with E-state index in [-0.39, 0.29) is 17.9 Å². The van der Waals surface area contributed by atoms with Gasteiger partial charge in [0.05, 0.1) is 0 Å². The van der Waals surface area contributed by atoms with E-state index in [4.69, 9.17) is 0 Å². The van der Waals surface area contributed by atoms with Crippen LogP contribution >= 0.6 is 11.8 Å². The van der Waals surface area contributed by atoms with Gasteiger partial charge < -0.3 is 10.6 Å². The Bertz CT molecular complexity index is 514. The first-order valence-electron chi connectivity index (χ1n) is 7.88. The second-order valence-corrected chi connectivity index (χ2v) is 7.25. The van der Waals surface area contributed by atoms with Crippen molar-refractivity contribution in [3.05, 3.63) is 29.8 Å². The number of carbonyl (C=O) groups is 2. The monoisotopic (exact) mass is 320 g/mol. The van der Waals surface area contributed by atoms with Gasteiger partial charge in [-0.25, -0.2) is 0 Å². The van der Waals surface area contributed by atoms with Crippen LogP contribution in [0.15, 0.2) is 24.3 Å². The number of rotatable bonds is 5. The summed E-state index contributed by atoms with van der Waals surface area (Å²) in [5, 5.41) is 6.52. The minimum absolute atomic E-state index is 0.0264. The quantitative estimate of drug-likeness (QED) is 0.874. The third-order valence-electron chi connectivity index (χ3n) is 3.83. The van der Waals surface area contributed by atoms with Crippen molar-refractivity contribution in [2.75, 3.05) is 11.1 Å².